The van der Waals surface area contributed by atoms with E-state index in [9.17, 15) is 14.3 Å². The lowest BCUT2D eigenvalue weighted by atomic mass is 9.99. The van der Waals surface area contributed by atoms with E-state index in [1.165, 1.54) is 25.3 Å². The van der Waals surface area contributed by atoms with Gasteiger partial charge in [-0.25, -0.2) is 4.39 Å². The molecule has 1 amide bonds. The first-order valence-electron chi connectivity index (χ1n) is 5.73. The Morgan fingerprint density at radius 3 is 2.72 bits per heavy atom. The van der Waals surface area contributed by atoms with Crippen molar-refractivity contribution < 1.29 is 19.0 Å². The van der Waals surface area contributed by atoms with Gasteiger partial charge in [0.1, 0.15) is 17.1 Å². The van der Waals surface area contributed by atoms with Gasteiger partial charge in [0.15, 0.2) is 0 Å². The third-order valence-electron chi connectivity index (χ3n) is 2.97. The van der Waals surface area contributed by atoms with Crippen molar-refractivity contribution in [3.63, 3.8) is 0 Å². The third-order valence-corrected chi connectivity index (χ3v) is 2.97. The van der Waals surface area contributed by atoms with Crippen molar-refractivity contribution in [3.05, 3.63) is 29.6 Å². The zero-order valence-electron chi connectivity index (χ0n) is 10.8. The van der Waals surface area contributed by atoms with Gasteiger partial charge in [-0.15, -0.1) is 0 Å². The zero-order valence-corrected chi connectivity index (χ0v) is 10.8. The molecule has 0 bridgehead atoms. The topological polar surface area (TPSA) is 58.6 Å². The highest BCUT2D eigenvalue weighted by molar-refractivity contribution is 5.97. The first-order chi connectivity index (χ1) is 8.47. The number of aliphatic hydroxyl groups excluding tert-OH is 1. The summed E-state index contributed by atoms with van der Waals surface area (Å²) in [6.07, 6.45) is 0.534. The lowest BCUT2D eigenvalue weighted by Crippen LogP contribution is -2.48. The van der Waals surface area contributed by atoms with Crippen LogP contribution in [0.5, 0.6) is 5.75 Å². The van der Waals surface area contributed by atoms with Crippen molar-refractivity contribution in [2.75, 3.05) is 13.7 Å². The van der Waals surface area contributed by atoms with Gasteiger partial charge in [-0.05, 0) is 25.5 Å². The molecule has 0 aliphatic carbocycles. The molecule has 1 rings (SSSR count). The van der Waals surface area contributed by atoms with E-state index in [2.05, 4.69) is 5.32 Å². The van der Waals surface area contributed by atoms with Crippen molar-refractivity contribution in [3.8, 4) is 5.75 Å². The Morgan fingerprint density at radius 1 is 1.56 bits per heavy atom. The van der Waals surface area contributed by atoms with E-state index < -0.39 is 17.3 Å². The first-order valence-corrected chi connectivity index (χ1v) is 5.73. The molecular formula is C13H18FNO3. The van der Waals surface area contributed by atoms with Crippen LogP contribution in [0.1, 0.15) is 30.6 Å². The smallest absolute Gasteiger partial charge is 0.258 e. The minimum Gasteiger partial charge on any atom is -0.496 e. The van der Waals surface area contributed by atoms with E-state index >= 15 is 0 Å². The highest BCUT2D eigenvalue weighted by Crippen LogP contribution is 2.22. The summed E-state index contributed by atoms with van der Waals surface area (Å²) in [5.41, 5.74) is -0.919. The predicted octanol–water partition coefficient (Wildman–Crippen LogP) is 1.73. The largest absolute Gasteiger partial charge is 0.496 e. The zero-order chi connectivity index (χ0) is 13.8. The molecule has 0 saturated heterocycles. The molecule has 0 aromatic heterocycles. The SMILES string of the molecule is CCC(C)(CO)NC(=O)c1c(F)cccc1OC. The molecule has 5 heteroatoms. The van der Waals surface area contributed by atoms with Crippen LogP contribution in [-0.4, -0.2) is 30.3 Å². The number of amides is 1. The van der Waals surface area contributed by atoms with Gasteiger partial charge in [0.05, 0.1) is 19.3 Å². The number of nitrogens with one attached hydrogen (secondary N) is 1. The van der Waals surface area contributed by atoms with Crippen LogP contribution in [0.15, 0.2) is 18.2 Å². The van der Waals surface area contributed by atoms with E-state index in [4.69, 9.17) is 4.74 Å². The second kappa shape index (κ2) is 5.82. The molecule has 1 unspecified atom stereocenters. The number of rotatable bonds is 5. The molecule has 0 spiro atoms. The second-order valence-corrected chi connectivity index (χ2v) is 4.34. The van der Waals surface area contributed by atoms with Gasteiger partial charge in [-0.1, -0.05) is 13.0 Å². The van der Waals surface area contributed by atoms with Crippen LogP contribution in [0.25, 0.3) is 0 Å². The number of benzene rings is 1. The number of halogens is 1. The number of aliphatic hydroxyl groups is 1. The Labute approximate surface area is 106 Å². The lowest BCUT2D eigenvalue weighted by molar-refractivity contribution is 0.0840. The fourth-order valence-electron chi connectivity index (χ4n) is 1.47. The highest BCUT2D eigenvalue weighted by Gasteiger charge is 2.27. The Kier molecular flexibility index (Phi) is 4.67. The quantitative estimate of drug-likeness (QED) is 0.842. The molecule has 0 fully saturated rings. The number of hydrogen-bond acceptors (Lipinski definition) is 3. The van der Waals surface area contributed by atoms with Gasteiger partial charge < -0.3 is 15.2 Å². The average molecular weight is 255 g/mol. The number of carbonyl (C=O) groups is 1. The van der Waals surface area contributed by atoms with E-state index in [1.54, 1.807) is 6.92 Å². The highest BCUT2D eigenvalue weighted by atomic mass is 19.1. The first kappa shape index (κ1) is 14.4. The molecule has 1 aromatic carbocycles. The van der Waals surface area contributed by atoms with Crippen LogP contribution in [-0.2, 0) is 0 Å². The van der Waals surface area contributed by atoms with Gasteiger partial charge in [0, 0.05) is 0 Å². The average Bonchev–Trinajstić information content (AvgIpc) is 2.37. The number of methoxy groups -OCH3 is 1. The van der Waals surface area contributed by atoms with E-state index in [-0.39, 0.29) is 17.9 Å². The maximum Gasteiger partial charge on any atom is 0.258 e. The summed E-state index contributed by atoms with van der Waals surface area (Å²) < 4.78 is 18.6. The standard InChI is InChI=1S/C13H18FNO3/c1-4-13(2,8-16)15-12(17)11-9(14)6-5-7-10(11)18-3/h5-7,16H,4,8H2,1-3H3,(H,15,17). The molecule has 1 aromatic rings. The minimum atomic E-state index is -0.773. The van der Waals surface area contributed by atoms with Crippen molar-refractivity contribution >= 4 is 5.91 Å². The Balaban J connectivity index is 3.04. The van der Waals surface area contributed by atoms with Gasteiger partial charge in [-0.3, -0.25) is 4.79 Å². The molecule has 4 nitrogen and oxygen atoms in total. The second-order valence-electron chi connectivity index (χ2n) is 4.34. The monoisotopic (exact) mass is 255 g/mol. The van der Waals surface area contributed by atoms with Gasteiger partial charge in [0.2, 0.25) is 0 Å². The summed E-state index contributed by atoms with van der Waals surface area (Å²) in [7, 11) is 1.37. The van der Waals surface area contributed by atoms with E-state index in [0.717, 1.165) is 0 Å². The molecule has 2 N–H and O–H groups in total. The summed E-state index contributed by atoms with van der Waals surface area (Å²) in [5, 5.41) is 11.9. The number of ether oxygens (including phenoxy) is 1. The third kappa shape index (κ3) is 2.98. The van der Waals surface area contributed by atoms with Crippen LogP contribution < -0.4 is 10.1 Å². The molecule has 0 radical (unpaired) electrons. The van der Waals surface area contributed by atoms with Crippen LogP contribution in [0.2, 0.25) is 0 Å². The lowest BCUT2D eigenvalue weighted by Gasteiger charge is -2.27. The van der Waals surface area contributed by atoms with Crippen LogP contribution in [0.4, 0.5) is 4.39 Å². The van der Waals surface area contributed by atoms with Crippen LogP contribution in [0.3, 0.4) is 0 Å². The van der Waals surface area contributed by atoms with Crippen molar-refractivity contribution in [1.82, 2.24) is 5.32 Å². The molecule has 100 valence electrons. The van der Waals surface area contributed by atoms with Crippen LogP contribution >= 0.6 is 0 Å². The van der Waals surface area contributed by atoms with Crippen LogP contribution in [0, 0.1) is 5.82 Å². The molecule has 18 heavy (non-hydrogen) atoms. The van der Waals surface area contributed by atoms with Crippen molar-refractivity contribution in [2.24, 2.45) is 0 Å². The normalized spacial score (nSPS) is 13.8. The molecular weight excluding hydrogens is 237 g/mol. The Bertz CT molecular complexity index is 430. The molecule has 0 aliphatic heterocycles. The van der Waals surface area contributed by atoms with Crippen molar-refractivity contribution in [2.45, 2.75) is 25.8 Å². The van der Waals surface area contributed by atoms with Gasteiger partial charge >= 0.3 is 0 Å². The molecule has 1 atom stereocenters. The molecule has 0 saturated carbocycles. The summed E-state index contributed by atoms with van der Waals surface area (Å²) >= 11 is 0. The Hall–Kier alpha value is -1.62. The van der Waals surface area contributed by atoms with Crippen molar-refractivity contribution in [1.29, 1.82) is 0 Å². The number of carbonyl (C=O) groups excluding carboxylic acids is 1. The summed E-state index contributed by atoms with van der Waals surface area (Å²) in [6.45, 7) is 3.30. The number of hydrogen-bond donors (Lipinski definition) is 2. The molecule has 0 heterocycles. The minimum absolute atomic E-state index is 0.145. The summed E-state index contributed by atoms with van der Waals surface area (Å²) in [5.74, 6) is -1.07. The maximum absolute atomic E-state index is 13.7. The van der Waals surface area contributed by atoms with Gasteiger partial charge in [-0.2, -0.15) is 0 Å². The fourth-order valence-corrected chi connectivity index (χ4v) is 1.47. The fraction of sp³-hybridized carbons (Fsp3) is 0.462. The predicted molar refractivity (Wildman–Crippen MR) is 66.2 cm³/mol. The molecule has 0 aliphatic rings. The maximum atomic E-state index is 13.7. The summed E-state index contributed by atoms with van der Waals surface area (Å²) in [6, 6.07) is 4.18. The Morgan fingerprint density at radius 2 is 2.22 bits per heavy atom. The van der Waals surface area contributed by atoms with E-state index in [1.807, 2.05) is 6.92 Å². The van der Waals surface area contributed by atoms with E-state index in [0.29, 0.717) is 6.42 Å². The van der Waals surface area contributed by atoms with Gasteiger partial charge in [0.25, 0.3) is 5.91 Å². The summed E-state index contributed by atoms with van der Waals surface area (Å²) in [4.78, 5) is 12.0.